The van der Waals surface area contributed by atoms with Crippen molar-refractivity contribution in [1.29, 1.82) is 0 Å². The Bertz CT molecular complexity index is 428. The summed E-state index contributed by atoms with van der Waals surface area (Å²) in [5.41, 5.74) is 4.47. The van der Waals surface area contributed by atoms with Crippen LogP contribution in [0.5, 0.6) is 0 Å². The summed E-state index contributed by atoms with van der Waals surface area (Å²) in [7, 11) is 0. The van der Waals surface area contributed by atoms with Crippen LogP contribution in [0.1, 0.15) is 29.0 Å². The molecular formula is C13H13N. The molecule has 0 radical (unpaired) electrons. The summed E-state index contributed by atoms with van der Waals surface area (Å²) >= 11 is 0. The number of rotatable bonds is 1. The van der Waals surface area contributed by atoms with E-state index in [0.29, 0.717) is 5.92 Å². The van der Waals surface area contributed by atoms with Crippen molar-refractivity contribution < 1.29 is 0 Å². The number of benzene rings is 1. The molecule has 1 aromatic carbocycles. The van der Waals surface area contributed by atoms with E-state index in [2.05, 4.69) is 41.5 Å². The molecule has 0 saturated heterocycles. The molecule has 0 amide bonds. The van der Waals surface area contributed by atoms with Crippen LogP contribution >= 0.6 is 0 Å². The highest BCUT2D eigenvalue weighted by molar-refractivity contribution is 5.41. The summed E-state index contributed by atoms with van der Waals surface area (Å²) in [5.74, 6) is 0.623. The zero-order valence-electron chi connectivity index (χ0n) is 8.03. The average Bonchev–Trinajstić information content (AvgIpc) is 2.85. The molecule has 0 aliphatic heterocycles. The van der Waals surface area contributed by atoms with Crippen LogP contribution in [0.4, 0.5) is 0 Å². The van der Waals surface area contributed by atoms with Crippen molar-refractivity contribution in [2.24, 2.45) is 0 Å². The molecule has 0 bridgehead atoms. The minimum Gasteiger partial charge on any atom is -0.367 e. The van der Waals surface area contributed by atoms with Gasteiger partial charge in [-0.3, -0.25) is 0 Å². The average molecular weight is 183 g/mol. The number of aromatic amines is 1. The van der Waals surface area contributed by atoms with Gasteiger partial charge in [-0.05, 0) is 35.6 Å². The molecule has 1 aromatic heterocycles. The summed E-state index contributed by atoms with van der Waals surface area (Å²) in [4.78, 5) is 3.14. The number of aryl methyl sites for hydroxylation is 1. The fraction of sp³-hybridized carbons (Fsp3) is 0.231. The van der Waals surface area contributed by atoms with E-state index in [4.69, 9.17) is 0 Å². The highest BCUT2D eigenvalue weighted by atomic mass is 14.6. The Kier molecular flexibility index (Phi) is 1.69. The molecule has 1 atom stereocenters. The van der Waals surface area contributed by atoms with E-state index in [1.54, 1.807) is 0 Å². The van der Waals surface area contributed by atoms with Crippen LogP contribution in [0, 0.1) is 0 Å². The quantitative estimate of drug-likeness (QED) is 0.699. The van der Waals surface area contributed by atoms with E-state index in [0.717, 1.165) is 0 Å². The van der Waals surface area contributed by atoms with Crippen LogP contribution in [0.2, 0.25) is 0 Å². The molecule has 1 nitrogen and oxygen atoms in total. The largest absolute Gasteiger partial charge is 0.367 e. The second-order valence-corrected chi connectivity index (χ2v) is 3.93. The number of aromatic nitrogens is 1. The zero-order chi connectivity index (χ0) is 9.38. The normalized spacial score (nSPS) is 19.6. The van der Waals surface area contributed by atoms with Gasteiger partial charge in [-0.1, -0.05) is 24.3 Å². The Hall–Kier alpha value is -1.50. The third-order valence-corrected chi connectivity index (χ3v) is 3.16. The fourth-order valence-corrected chi connectivity index (χ4v) is 2.46. The lowest BCUT2D eigenvalue weighted by Crippen LogP contribution is -1.93. The number of hydrogen-bond acceptors (Lipinski definition) is 0. The smallest absolute Gasteiger partial charge is 0.0110 e. The van der Waals surface area contributed by atoms with Crippen molar-refractivity contribution in [2.45, 2.75) is 18.8 Å². The number of nitrogens with one attached hydrogen (secondary N) is 1. The van der Waals surface area contributed by atoms with Crippen LogP contribution in [-0.2, 0) is 6.42 Å². The van der Waals surface area contributed by atoms with Crippen molar-refractivity contribution in [3.05, 3.63) is 59.4 Å². The molecule has 2 aromatic rings. The minimum atomic E-state index is 0.623. The molecule has 0 spiro atoms. The lowest BCUT2D eigenvalue weighted by Gasteiger charge is -2.08. The Morgan fingerprint density at radius 3 is 2.93 bits per heavy atom. The summed E-state index contributed by atoms with van der Waals surface area (Å²) in [5, 5.41) is 0. The Balaban J connectivity index is 2.06. The van der Waals surface area contributed by atoms with Crippen LogP contribution in [0.15, 0.2) is 42.7 Å². The molecule has 0 fully saturated rings. The number of fused-ring (bicyclic) bond motifs is 1. The SMILES string of the molecule is c1ccc2c(c1)CCC2c1cc[nH]c1. The highest BCUT2D eigenvalue weighted by Gasteiger charge is 2.23. The molecular weight excluding hydrogens is 170 g/mol. The predicted octanol–water partition coefficient (Wildman–Crippen LogP) is 3.09. The topological polar surface area (TPSA) is 15.8 Å². The molecule has 1 aliphatic carbocycles. The highest BCUT2D eigenvalue weighted by Crippen LogP contribution is 2.37. The monoisotopic (exact) mass is 183 g/mol. The maximum atomic E-state index is 3.14. The van der Waals surface area contributed by atoms with Gasteiger partial charge in [-0.15, -0.1) is 0 Å². The van der Waals surface area contributed by atoms with Crippen LogP contribution in [0.25, 0.3) is 0 Å². The van der Waals surface area contributed by atoms with Crippen molar-refractivity contribution in [1.82, 2.24) is 4.98 Å². The summed E-state index contributed by atoms with van der Waals surface area (Å²) in [6.45, 7) is 0. The first-order chi connectivity index (χ1) is 6.95. The summed E-state index contributed by atoms with van der Waals surface area (Å²) in [6, 6.07) is 11.0. The second-order valence-electron chi connectivity index (χ2n) is 3.93. The van der Waals surface area contributed by atoms with E-state index in [9.17, 15) is 0 Å². The van der Waals surface area contributed by atoms with E-state index < -0.39 is 0 Å². The molecule has 14 heavy (non-hydrogen) atoms. The molecule has 1 N–H and O–H groups in total. The molecule has 3 rings (SSSR count). The first-order valence-electron chi connectivity index (χ1n) is 5.15. The van der Waals surface area contributed by atoms with Gasteiger partial charge in [0.1, 0.15) is 0 Å². The van der Waals surface area contributed by atoms with Gasteiger partial charge in [0.25, 0.3) is 0 Å². The molecule has 1 unspecified atom stereocenters. The zero-order valence-corrected chi connectivity index (χ0v) is 8.03. The van der Waals surface area contributed by atoms with E-state index in [1.165, 1.54) is 29.5 Å². The van der Waals surface area contributed by atoms with Gasteiger partial charge < -0.3 is 4.98 Å². The molecule has 1 heteroatoms. The summed E-state index contributed by atoms with van der Waals surface area (Å²) < 4.78 is 0. The van der Waals surface area contributed by atoms with Crippen molar-refractivity contribution in [3.63, 3.8) is 0 Å². The fourth-order valence-electron chi connectivity index (χ4n) is 2.46. The molecule has 70 valence electrons. The molecule has 1 heterocycles. The van der Waals surface area contributed by atoms with Crippen LogP contribution in [-0.4, -0.2) is 4.98 Å². The predicted molar refractivity (Wildman–Crippen MR) is 57.4 cm³/mol. The van der Waals surface area contributed by atoms with E-state index >= 15 is 0 Å². The molecule has 1 aliphatic rings. The van der Waals surface area contributed by atoms with Gasteiger partial charge in [0.15, 0.2) is 0 Å². The number of H-pyrrole nitrogens is 1. The summed E-state index contributed by atoms with van der Waals surface area (Å²) in [6.07, 6.45) is 6.62. The van der Waals surface area contributed by atoms with Gasteiger partial charge in [-0.2, -0.15) is 0 Å². The minimum absolute atomic E-state index is 0.623. The van der Waals surface area contributed by atoms with Crippen molar-refractivity contribution in [2.75, 3.05) is 0 Å². The third-order valence-electron chi connectivity index (χ3n) is 3.16. The van der Waals surface area contributed by atoms with Gasteiger partial charge in [-0.25, -0.2) is 0 Å². The Morgan fingerprint density at radius 2 is 2.07 bits per heavy atom. The van der Waals surface area contributed by atoms with Crippen LogP contribution in [0.3, 0.4) is 0 Å². The van der Waals surface area contributed by atoms with Crippen molar-refractivity contribution in [3.8, 4) is 0 Å². The Labute approximate surface area is 83.8 Å². The van der Waals surface area contributed by atoms with E-state index in [1.807, 2.05) is 6.20 Å². The van der Waals surface area contributed by atoms with Crippen LogP contribution < -0.4 is 0 Å². The molecule has 0 saturated carbocycles. The van der Waals surface area contributed by atoms with Gasteiger partial charge >= 0.3 is 0 Å². The Morgan fingerprint density at radius 1 is 1.14 bits per heavy atom. The lowest BCUT2D eigenvalue weighted by atomic mass is 9.95. The first kappa shape index (κ1) is 7.86. The maximum Gasteiger partial charge on any atom is 0.0110 e. The number of hydrogen-bond donors (Lipinski definition) is 1. The second kappa shape index (κ2) is 3.02. The van der Waals surface area contributed by atoms with Gasteiger partial charge in [0, 0.05) is 18.3 Å². The maximum absolute atomic E-state index is 3.14. The van der Waals surface area contributed by atoms with E-state index in [-0.39, 0.29) is 0 Å². The first-order valence-corrected chi connectivity index (χ1v) is 5.15. The van der Waals surface area contributed by atoms with Gasteiger partial charge in [0.2, 0.25) is 0 Å². The standard InChI is InChI=1S/C13H13N/c1-2-4-12-10(3-1)5-6-13(12)11-7-8-14-9-11/h1-4,7-9,13-14H,5-6H2. The van der Waals surface area contributed by atoms with Crippen molar-refractivity contribution >= 4 is 0 Å². The van der Waals surface area contributed by atoms with Gasteiger partial charge in [0.05, 0.1) is 0 Å². The third kappa shape index (κ3) is 1.09. The lowest BCUT2D eigenvalue weighted by molar-refractivity contribution is 0.789.